The minimum absolute atomic E-state index is 0.0662. The number of likely N-dealkylation sites (N-methyl/N-ethyl adjacent to an activating group) is 1. The molecular weight excluding hydrogens is 415 g/mol. The Bertz CT molecular complexity index is 913. The number of carbonyl (C=O) groups excluding carboxylic acids is 3. The van der Waals surface area contributed by atoms with E-state index in [2.05, 4.69) is 0 Å². The summed E-state index contributed by atoms with van der Waals surface area (Å²) in [6.45, 7) is -0.0662. The van der Waals surface area contributed by atoms with Crippen LogP contribution in [0, 0.1) is 5.82 Å². The fourth-order valence-corrected chi connectivity index (χ4v) is 4.02. The zero-order chi connectivity index (χ0) is 21.1. The van der Waals surface area contributed by atoms with Crippen molar-refractivity contribution >= 4 is 41.1 Å². The number of hydrogen-bond acceptors (Lipinski definition) is 4. The highest BCUT2D eigenvalue weighted by Crippen LogP contribution is 2.28. The van der Waals surface area contributed by atoms with Crippen LogP contribution in [-0.2, 0) is 11.3 Å². The Kier molecular flexibility index (Phi) is 6.59. The molecule has 0 radical (unpaired) electrons. The quantitative estimate of drug-likeness (QED) is 0.621. The third-order valence-corrected chi connectivity index (χ3v) is 5.85. The van der Waals surface area contributed by atoms with Crippen LogP contribution in [-0.4, -0.2) is 52.6 Å². The van der Waals surface area contributed by atoms with Crippen molar-refractivity contribution in [3.05, 3.63) is 70.0 Å². The van der Waals surface area contributed by atoms with Gasteiger partial charge in [-0.15, -0.1) is 0 Å². The Morgan fingerprint density at radius 1 is 1.14 bits per heavy atom. The van der Waals surface area contributed by atoms with Gasteiger partial charge in [0.2, 0.25) is 5.91 Å². The van der Waals surface area contributed by atoms with Crippen molar-refractivity contribution in [2.75, 3.05) is 19.1 Å². The molecule has 0 fully saturated rings. The van der Waals surface area contributed by atoms with Crippen molar-refractivity contribution in [2.45, 2.75) is 19.0 Å². The van der Waals surface area contributed by atoms with Crippen molar-refractivity contribution in [1.29, 1.82) is 0 Å². The van der Waals surface area contributed by atoms with Gasteiger partial charge in [0, 0.05) is 24.2 Å². The third-order valence-electron chi connectivity index (χ3n) is 4.85. The summed E-state index contributed by atoms with van der Waals surface area (Å²) in [5.41, 5.74) is 0.773. The number of fused-ring (bicyclic) bond motifs is 1. The van der Waals surface area contributed by atoms with Crippen LogP contribution in [0.3, 0.4) is 0 Å². The highest BCUT2D eigenvalue weighted by atomic mass is 35.5. The summed E-state index contributed by atoms with van der Waals surface area (Å²) in [4.78, 5) is 41.2. The highest BCUT2D eigenvalue weighted by Gasteiger charge is 2.43. The number of halogens is 2. The lowest BCUT2D eigenvalue weighted by molar-refractivity contribution is -0.134. The largest absolute Gasteiger partial charge is 0.339 e. The summed E-state index contributed by atoms with van der Waals surface area (Å²) in [7, 11) is 1.51. The van der Waals surface area contributed by atoms with E-state index in [0.29, 0.717) is 23.3 Å². The van der Waals surface area contributed by atoms with E-state index in [4.69, 9.17) is 11.6 Å². The van der Waals surface area contributed by atoms with E-state index in [-0.39, 0.29) is 17.1 Å². The molecule has 0 saturated carbocycles. The first-order valence-electron chi connectivity index (χ1n) is 9.00. The van der Waals surface area contributed by atoms with Gasteiger partial charge in [-0.2, -0.15) is 11.8 Å². The van der Waals surface area contributed by atoms with Crippen LogP contribution in [0.2, 0.25) is 5.02 Å². The molecule has 0 aromatic heterocycles. The molecule has 29 heavy (non-hydrogen) atoms. The highest BCUT2D eigenvalue weighted by molar-refractivity contribution is 7.98. The van der Waals surface area contributed by atoms with Crippen LogP contribution >= 0.6 is 23.4 Å². The maximum Gasteiger partial charge on any atom is 0.262 e. The van der Waals surface area contributed by atoms with Crippen molar-refractivity contribution in [3.8, 4) is 0 Å². The number of hydrogen-bond donors (Lipinski definition) is 0. The van der Waals surface area contributed by atoms with E-state index in [1.54, 1.807) is 30.3 Å². The molecule has 0 aliphatic carbocycles. The van der Waals surface area contributed by atoms with Crippen molar-refractivity contribution in [3.63, 3.8) is 0 Å². The van der Waals surface area contributed by atoms with Crippen LogP contribution in [0.25, 0.3) is 0 Å². The third kappa shape index (κ3) is 4.16. The molecule has 2 aromatic rings. The van der Waals surface area contributed by atoms with Crippen LogP contribution in [0.15, 0.2) is 42.5 Å². The Balaban J connectivity index is 1.88. The topological polar surface area (TPSA) is 57.7 Å². The van der Waals surface area contributed by atoms with Gasteiger partial charge in [0.15, 0.2) is 0 Å². The monoisotopic (exact) mass is 434 g/mol. The predicted octanol–water partition coefficient (Wildman–Crippen LogP) is 3.86. The van der Waals surface area contributed by atoms with E-state index in [9.17, 15) is 18.8 Å². The minimum Gasteiger partial charge on any atom is -0.339 e. The lowest BCUT2D eigenvalue weighted by atomic mass is 10.1. The number of imide groups is 1. The molecular formula is C21H20ClFN2O3S. The van der Waals surface area contributed by atoms with Gasteiger partial charge in [0.05, 0.1) is 11.1 Å². The Labute approximate surface area is 177 Å². The molecule has 1 atom stereocenters. The van der Waals surface area contributed by atoms with E-state index >= 15 is 0 Å². The second-order valence-electron chi connectivity index (χ2n) is 6.72. The molecule has 0 spiro atoms. The zero-order valence-corrected chi connectivity index (χ0v) is 17.6. The molecule has 0 bridgehead atoms. The second kappa shape index (κ2) is 8.97. The molecule has 8 heteroatoms. The van der Waals surface area contributed by atoms with Gasteiger partial charge in [-0.05, 0) is 42.7 Å². The second-order valence-corrected chi connectivity index (χ2v) is 8.11. The van der Waals surface area contributed by atoms with Crippen molar-refractivity contribution < 1.29 is 18.8 Å². The summed E-state index contributed by atoms with van der Waals surface area (Å²) < 4.78 is 14.1. The Hall–Kier alpha value is -2.38. The van der Waals surface area contributed by atoms with Gasteiger partial charge >= 0.3 is 0 Å². The fourth-order valence-electron chi connectivity index (χ4n) is 3.34. The van der Waals surface area contributed by atoms with Gasteiger partial charge in [-0.25, -0.2) is 4.39 Å². The summed E-state index contributed by atoms with van der Waals surface area (Å²) >= 11 is 7.59. The normalized spacial score (nSPS) is 14.1. The lowest BCUT2D eigenvalue weighted by Gasteiger charge is -2.29. The molecule has 152 valence electrons. The molecule has 2 aromatic carbocycles. The first-order valence-corrected chi connectivity index (χ1v) is 10.8. The van der Waals surface area contributed by atoms with Gasteiger partial charge in [0.25, 0.3) is 11.8 Å². The average Bonchev–Trinajstić information content (AvgIpc) is 2.96. The van der Waals surface area contributed by atoms with Gasteiger partial charge in [0.1, 0.15) is 11.9 Å². The van der Waals surface area contributed by atoms with Crippen LogP contribution < -0.4 is 0 Å². The summed E-state index contributed by atoms with van der Waals surface area (Å²) in [6, 6.07) is 9.86. The molecule has 3 amide bonds. The molecule has 1 aliphatic heterocycles. The van der Waals surface area contributed by atoms with E-state index < -0.39 is 29.6 Å². The molecule has 3 rings (SSSR count). The van der Waals surface area contributed by atoms with Gasteiger partial charge in [-0.1, -0.05) is 29.8 Å². The van der Waals surface area contributed by atoms with E-state index in [1.165, 1.54) is 35.8 Å². The van der Waals surface area contributed by atoms with Gasteiger partial charge in [-0.3, -0.25) is 19.3 Å². The number of amides is 3. The molecule has 1 aliphatic rings. The van der Waals surface area contributed by atoms with Crippen molar-refractivity contribution in [1.82, 2.24) is 9.80 Å². The first kappa shape index (κ1) is 21.3. The molecule has 0 unspecified atom stereocenters. The standard InChI is InChI=1S/C21H20ClFN2O3S/c1-24(12-15-16(22)8-5-9-17(15)23)21(28)18(10-11-29-2)25-19(26)13-6-3-4-7-14(13)20(25)27/h3-9,18H,10-12H2,1-2H3/t18-/m0/s1. The average molecular weight is 435 g/mol. The molecule has 1 heterocycles. The van der Waals surface area contributed by atoms with Crippen LogP contribution in [0.5, 0.6) is 0 Å². The number of rotatable bonds is 7. The maximum atomic E-state index is 14.1. The smallest absolute Gasteiger partial charge is 0.262 e. The van der Waals surface area contributed by atoms with E-state index in [0.717, 1.165) is 4.90 Å². The summed E-state index contributed by atoms with van der Waals surface area (Å²) in [6.07, 6.45) is 2.19. The van der Waals surface area contributed by atoms with Gasteiger partial charge < -0.3 is 4.90 Å². The maximum absolute atomic E-state index is 14.1. The number of thioether (sulfide) groups is 1. The summed E-state index contributed by atoms with van der Waals surface area (Å²) in [5.74, 6) is -1.34. The lowest BCUT2D eigenvalue weighted by Crippen LogP contribution is -2.50. The number of carbonyl (C=O) groups is 3. The van der Waals surface area contributed by atoms with E-state index in [1.807, 2.05) is 6.26 Å². The Morgan fingerprint density at radius 3 is 2.31 bits per heavy atom. The van der Waals surface area contributed by atoms with Crippen molar-refractivity contribution in [2.24, 2.45) is 0 Å². The number of nitrogens with zero attached hydrogens (tertiary/aromatic N) is 2. The zero-order valence-electron chi connectivity index (χ0n) is 16.0. The fraction of sp³-hybridized carbons (Fsp3) is 0.286. The molecule has 0 saturated heterocycles. The predicted molar refractivity (Wildman–Crippen MR) is 112 cm³/mol. The Morgan fingerprint density at radius 2 is 1.76 bits per heavy atom. The first-order chi connectivity index (χ1) is 13.9. The summed E-state index contributed by atoms with van der Waals surface area (Å²) in [5, 5.41) is 0.214. The molecule has 5 nitrogen and oxygen atoms in total. The SMILES string of the molecule is CSCC[C@@H](C(=O)N(C)Cc1c(F)cccc1Cl)N1C(=O)c2ccccc2C1=O. The van der Waals surface area contributed by atoms with Crippen LogP contribution in [0.4, 0.5) is 4.39 Å². The van der Waals surface area contributed by atoms with Crippen LogP contribution in [0.1, 0.15) is 32.7 Å². The number of benzene rings is 2. The minimum atomic E-state index is -0.967. The molecule has 0 N–H and O–H groups in total.